The van der Waals surface area contributed by atoms with E-state index in [1.165, 1.54) is 0 Å². The number of aliphatic hydroxyl groups is 1. The van der Waals surface area contributed by atoms with Crippen molar-refractivity contribution in [2.45, 2.75) is 57.4 Å². The van der Waals surface area contributed by atoms with Crippen LogP contribution in [0.15, 0.2) is 65.7 Å². The first-order valence-corrected chi connectivity index (χ1v) is 11.6. The van der Waals surface area contributed by atoms with Gasteiger partial charge in [0.15, 0.2) is 0 Å². The molecule has 4 atom stereocenters. The minimum absolute atomic E-state index is 0.101. The zero-order chi connectivity index (χ0) is 24.5. The second kappa shape index (κ2) is 12.2. The summed E-state index contributed by atoms with van der Waals surface area (Å²) in [7, 11) is 0. The first-order valence-electron chi connectivity index (χ1n) is 11.6. The average Bonchev–Trinajstić information content (AvgIpc) is 3.32. The number of aryl methyl sites for hydroxylation is 1. The molecular formula is C26H33N3O5. The summed E-state index contributed by atoms with van der Waals surface area (Å²) in [6.07, 6.45) is -1.34. The van der Waals surface area contributed by atoms with E-state index in [4.69, 9.17) is 4.74 Å². The van der Waals surface area contributed by atoms with E-state index in [1.54, 1.807) is 0 Å². The summed E-state index contributed by atoms with van der Waals surface area (Å²) >= 11 is 0. The third kappa shape index (κ3) is 7.31. The molecule has 0 saturated heterocycles. The van der Waals surface area contributed by atoms with Gasteiger partial charge < -0.3 is 25.6 Å². The van der Waals surface area contributed by atoms with E-state index >= 15 is 0 Å². The molecule has 4 unspecified atom stereocenters. The van der Waals surface area contributed by atoms with Crippen molar-refractivity contribution in [1.82, 2.24) is 10.6 Å². The van der Waals surface area contributed by atoms with Gasteiger partial charge in [0.05, 0.1) is 12.6 Å². The van der Waals surface area contributed by atoms with Crippen molar-refractivity contribution >= 4 is 17.9 Å². The maximum absolute atomic E-state index is 13.0. The number of amides is 2. The lowest BCUT2D eigenvalue weighted by atomic mass is 9.99. The Hall–Kier alpha value is -3.39. The van der Waals surface area contributed by atoms with E-state index in [2.05, 4.69) is 15.6 Å². The number of nitrogens with zero attached hydrogens (tertiary/aromatic N) is 1. The molecule has 2 aromatic carbocycles. The fraction of sp³-hybridized carbons (Fsp3) is 0.423. The lowest BCUT2D eigenvalue weighted by Crippen LogP contribution is -2.54. The van der Waals surface area contributed by atoms with Crippen LogP contribution in [-0.4, -0.2) is 52.8 Å². The smallest absolute Gasteiger partial charge is 0.405 e. The van der Waals surface area contributed by atoms with Crippen LogP contribution >= 0.6 is 0 Å². The zero-order valence-corrected chi connectivity index (χ0v) is 19.6. The molecule has 34 heavy (non-hydrogen) atoms. The van der Waals surface area contributed by atoms with Crippen molar-refractivity contribution in [1.29, 1.82) is 0 Å². The largest absolute Gasteiger partial charge is 0.469 e. The standard InChI is InChI=1S/C26H33N3O5/c1-17(2)15-21(29-26(32)33)24(31)28-20(14-13-18-9-5-3-6-10-18)23(30)25-27-16-22(34-25)19-11-7-4-8-12-19/h3-12,17,20-23,29-30H,13-16H2,1-2H3,(H,28,31)(H,32,33). The molecule has 8 nitrogen and oxygen atoms in total. The summed E-state index contributed by atoms with van der Waals surface area (Å²) in [4.78, 5) is 28.6. The van der Waals surface area contributed by atoms with Crippen LogP contribution in [0.3, 0.4) is 0 Å². The van der Waals surface area contributed by atoms with E-state index in [1.807, 2.05) is 74.5 Å². The van der Waals surface area contributed by atoms with Crippen LogP contribution in [0, 0.1) is 5.92 Å². The third-order valence-electron chi connectivity index (χ3n) is 5.72. The zero-order valence-electron chi connectivity index (χ0n) is 19.6. The molecule has 0 fully saturated rings. The van der Waals surface area contributed by atoms with E-state index in [0.717, 1.165) is 11.1 Å². The number of carbonyl (C=O) groups excluding carboxylic acids is 1. The second-order valence-electron chi connectivity index (χ2n) is 8.91. The molecule has 0 aromatic heterocycles. The average molecular weight is 468 g/mol. The molecule has 3 rings (SSSR count). The molecule has 8 heteroatoms. The quantitative estimate of drug-likeness (QED) is 0.404. The van der Waals surface area contributed by atoms with Crippen LogP contribution in [-0.2, 0) is 16.0 Å². The van der Waals surface area contributed by atoms with Crippen molar-refractivity contribution in [3.8, 4) is 0 Å². The first-order chi connectivity index (χ1) is 16.3. The van der Waals surface area contributed by atoms with Gasteiger partial charge in [-0.05, 0) is 36.3 Å². The highest BCUT2D eigenvalue weighted by molar-refractivity contribution is 5.87. The Kier molecular flexibility index (Phi) is 9.04. The molecule has 1 aliphatic heterocycles. The first kappa shape index (κ1) is 25.2. The molecule has 0 saturated carbocycles. The number of carbonyl (C=O) groups is 2. The molecule has 1 heterocycles. The molecule has 2 amide bonds. The van der Waals surface area contributed by atoms with Gasteiger partial charge in [-0.25, -0.2) is 9.79 Å². The van der Waals surface area contributed by atoms with Crippen molar-refractivity contribution < 1.29 is 24.5 Å². The van der Waals surface area contributed by atoms with Crippen molar-refractivity contribution in [3.05, 3.63) is 71.8 Å². The van der Waals surface area contributed by atoms with E-state index in [-0.39, 0.29) is 17.9 Å². The molecule has 4 N–H and O–H groups in total. The highest BCUT2D eigenvalue weighted by Crippen LogP contribution is 2.25. The van der Waals surface area contributed by atoms with Crippen LogP contribution in [0.5, 0.6) is 0 Å². The van der Waals surface area contributed by atoms with Gasteiger partial charge in [0.25, 0.3) is 0 Å². The molecule has 0 radical (unpaired) electrons. The van der Waals surface area contributed by atoms with E-state index < -0.39 is 30.2 Å². The van der Waals surface area contributed by atoms with Crippen LogP contribution < -0.4 is 10.6 Å². The maximum Gasteiger partial charge on any atom is 0.405 e. The number of benzene rings is 2. The number of nitrogens with one attached hydrogen (secondary N) is 2. The summed E-state index contributed by atoms with van der Waals surface area (Å²) in [6, 6.07) is 17.8. The lowest BCUT2D eigenvalue weighted by Gasteiger charge is -2.27. The van der Waals surface area contributed by atoms with Gasteiger partial charge in [0.1, 0.15) is 18.2 Å². The van der Waals surface area contributed by atoms with Crippen molar-refractivity contribution in [2.24, 2.45) is 10.9 Å². The predicted molar refractivity (Wildman–Crippen MR) is 130 cm³/mol. The highest BCUT2D eigenvalue weighted by Gasteiger charge is 2.34. The lowest BCUT2D eigenvalue weighted by molar-refractivity contribution is -0.124. The molecule has 1 aliphatic rings. The Morgan fingerprint density at radius 1 is 1.06 bits per heavy atom. The van der Waals surface area contributed by atoms with Crippen molar-refractivity contribution in [3.63, 3.8) is 0 Å². The number of hydrogen-bond donors (Lipinski definition) is 4. The fourth-order valence-electron chi connectivity index (χ4n) is 3.98. The second-order valence-corrected chi connectivity index (χ2v) is 8.91. The molecule has 0 spiro atoms. The summed E-state index contributed by atoms with van der Waals surface area (Å²) < 4.78 is 5.95. The number of aliphatic hydroxyl groups excluding tert-OH is 1. The molecule has 2 aromatic rings. The van der Waals surface area contributed by atoms with Crippen LogP contribution in [0.4, 0.5) is 4.79 Å². The van der Waals surface area contributed by atoms with Gasteiger partial charge in [-0.3, -0.25) is 4.79 Å². The molecular weight excluding hydrogens is 434 g/mol. The van der Waals surface area contributed by atoms with Gasteiger partial charge in [0, 0.05) is 0 Å². The minimum atomic E-state index is -1.27. The number of hydrogen-bond acceptors (Lipinski definition) is 5. The van der Waals surface area contributed by atoms with Gasteiger partial charge in [-0.2, -0.15) is 0 Å². The van der Waals surface area contributed by atoms with E-state index in [9.17, 15) is 19.8 Å². The highest BCUT2D eigenvalue weighted by atomic mass is 16.5. The van der Waals surface area contributed by atoms with Gasteiger partial charge in [0.2, 0.25) is 11.8 Å². The number of carboxylic acid groups (broad SMARTS) is 1. The molecule has 0 aliphatic carbocycles. The summed E-state index contributed by atoms with van der Waals surface area (Å²) in [5, 5.41) is 25.5. The summed E-state index contributed by atoms with van der Waals surface area (Å²) in [5.74, 6) is -0.199. The fourth-order valence-corrected chi connectivity index (χ4v) is 3.98. The Balaban J connectivity index is 1.73. The molecule has 182 valence electrons. The Labute approximate surface area is 200 Å². The monoisotopic (exact) mass is 467 g/mol. The number of aliphatic imine (C=N–C) groups is 1. The van der Waals surface area contributed by atoms with Gasteiger partial charge in [-0.1, -0.05) is 74.5 Å². The number of ether oxygens (including phenoxy) is 1. The minimum Gasteiger partial charge on any atom is -0.469 e. The molecule has 0 bridgehead atoms. The van der Waals surface area contributed by atoms with Gasteiger partial charge in [-0.15, -0.1) is 0 Å². The van der Waals surface area contributed by atoms with Gasteiger partial charge >= 0.3 is 6.09 Å². The van der Waals surface area contributed by atoms with Crippen LogP contribution in [0.2, 0.25) is 0 Å². The van der Waals surface area contributed by atoms with E-state index in [0.29, 0.717) is 25.8 Å². The van der Waals surface area contributed by atoms with Crippen molar-refractivity contribution in [2.75, 3.05) is 6.54 Å². The topological polar surface area (TPSA) is 120 Å². The maximum atomic E-state index is 13.0. The summed E-state index contributed by atoms with van der Waals surface area (Å²) in [6.45, 7) is 4.21. The normalized spacial score (nSPS) is 17.9. The van der Waals surface area contributed by atoms with Crippen LogP contribution in [0.1, 0.15) is 43.9 Å². The summed E-state index contributed by atoms with van der Waals surface area (Å²) in [5.41, 5.74) is 2.02. The Bertz CT molecular complexity index is 965. The Morgan fingerprint density at radius 3 is 2.32 bits per heavy atom. The predicted octanol–water partition coefficient (Wildman–Crippen LogP) is 3.32. The number of rotatable bonds is 11. The SMILES string of the molecule is CC(C)CC(NC(=O)O)C(=O)NC(CCc1ccccc1)C(O)C1=NCC(c2ccccc2)O1. The van der Waals surface area contributed by atoms with Crippen LogP contribution in [0.25, 0.3) is 0 Å². The Morgan fingerprint density at radius 2 is 1.71 bits per heavy atom. The third-order valence-corrected chi connectivity index (χ3v) is 5.72.